The maximum absolute atomic E-state index is 12.7. The summed E-state index contributed by atoms with van der Waals surface area (Å²) in [7, 11) is 0. The zero-order chi connectivity index (χ0) is 21.4. The Kier molecular flexibility index (Phi) is 8.47. The molecule has 156 valence electrons. The lowest BCUT2D eigenvalue weighted by molar-refractivity contribution is -0.119. The molecule has 0 saturated heterocycles. The summed E-state index contributed by atoms with van der Waals surface area (Å²) in [4.78, 5) is 40.0. The highest BCUT2D eigenvalue weighted by molar-refractivity contribution is 8.01. The van der Waals surface area contributed by atoms with E-state index in [1.165, 1.54) is 23.1 Å². The van der Waals surface area contributed by atoms with Gasteiger partial charge in [0.05, 0.1) is 15.7 Å². The van der Waals surface area contributed by atoms with Gasteiger partial charge in [0.25, 0.3) is 0 Å². The van der Waals surface area contributed by atoms with Crippen molar-refractivity contribution in [2.24, 2.45) is 11.7 Å². The minimum atomic E-state index is -0.788. The summed E-state index contributed by atoms with van der Waals surface area (Å²) in [5, 5.41) is 5.72. The largest absolute Gasteiger partial charge is 0.445 e. The van der Waals surface area contributed by atoms with Crippen LogP contribution in [-0.4, -0.2) is 34.7 Å². The molecular formula is C19H24N4O4S2. The molecule has 2 aromatic rings. The van der Waals surface area contributed by atoms with Gasteiger partial charge >= 0.3 is 6.09 Å². The molecule has 1 atom stereocenters. The zero-order valence-corrected chi connectivity index (χ0v) is 18.1. The van der Waals surface area contributed by atoms with Crippen LogP contribution in [0.5, 0.6) is 0 Å². The van der Waals surface area contributed by atoms with E-state index in [0.29, 0.717) is 10.8 Å². The Morgan fingerprint density at radius 3 is 2.55 bits per heavy atom. The molecule has 0 aliphatic rings. The topological polar surface area (TPSA) is 123 Å². The number of benzene rings is 1. The molecule has 1 aromatic carbocycles. The fraction of sp³-hybridized carbons (Fsp3) is 0.368. The first kappa shape index (κ1) is 22.7. The third-order valence-electron chi connectivity index (χ3n) is 3.76. The van der Waals surface area contributed by atoms with Crippen LogP contribution in [0.2, 0.25) is 0 Å². The Bertz CT molecular complexity index is 855. The average molecular weight is 437 g/mol. The number of nitrogens with zero attached hydrogens (tertiary/aromatic N) is 1. The summed E-state index contributed by atoms with van der Waals surface area (Å²) in [5.41, 5.74) is 6.72. The van der Waals surface area contributed by atoms with Crippen LogP contribution in [0.1, 0.15) is 25.1 Å². The minimum Gasteiger partial charge on any atom is -0.445 e. The number of thioether (sulfide) groups is 1. The Balaban J connectivity index is 1.94. The van der Waals surface area contributed by atoms with Crippen molar-refractivity contribution in [2.45, 2.75) is 37.6 Å². The molecule has 4 N–H and O–H groups in total. The highest BCUT2D eigenvalue weighted by Gasteiger charge is 2.26. The molecule has 0 aliphatic heterocycles. The molecule has 1 heterocycles. The van der Waals surface area contributed by atoms with E-state index in [2.05, 4.69) is 15.6 Å². The van der Waals surface area contributed by atoms with E-state index >= 15 is 0 Å². The number of thiazole rings is 1. The van der Waals surface area contributed by atoms with Gasteiger partial charge in [0.15, 0.2) is 5.13 Å². The Hall–Kier alpha value is -2.59. The van der Waals surface area contributed by atoms with Crippen molar-refractivity contribution in [3.63, 3.8) is 0 Å². The van der Waals surface area contributed by atoms with Gasteiger partial charge in [-0.05, 0) is 18.4 Å². The number of ether oxygens (including phenoxy) is 1. The smallest absolute Gasteiger partial charge is 0.408 e. The molecule has 1 aromatic heterocycles. The van der Waals surface area contributed by atoms with Gasteiger partial charge in [0, 0.05) is 0 Å². The lowest BCUT2D eigenvalue weighted by atomic mass is 10.0. The van der Waals surface area contributed by atoms with Crippen LogP contribution in [0, 0.1) is 12.8 Å². The van der Waals surface area contributed by atoms with Crippen LogP contribution in [-0.2, 0) is 20.9 Å². The van der Waals surface area contributed by atoms with Crippen LogP contribution in [0.3, 0.4) is 0 Å². The van der Waals surface area contributed by atoms with Gasteiger partial charge in [-0.2, -0.15) is 0 Å². The predicted molar refractivity (Wildman–Crippen MR) is 114 cm³/mol. The highest BCUT2D eigenvalue weighted by atomic mass is 32.2. The van der Waals surface area contributed by atoms with E-state index in [-0.39, 0.29) is 18.3 Å². The summed E-state index contributed by atoms with van der Waals surface area (Å²) in [6, 6.07) is 8.49. The number of carbonyl (C=O) groups is 3. The van der Waals surface area contributed by atoms with Crippen LogP contribution >= 0.6 is 23.1 Å². The molecule has 8 nitrogen and oxygen atoms in total. The number of aromatic nitrogens is 1. The Labute approximate surface area is 177 Å². The molecule has 0 radical (unpaired) electrons. The van der Waals surface area contributed by atoms with E-state index in [1.807, 2.05) is 44.2 Å². The van der Waals surface area contributed by atoms with Gasteiger partial charge in [-0.3, -0.25) is 9.59 Å². The minimum absolute atomic E-state index is 0.116. The van der Waals surface area contributed by atoms with Crippen LogP contribution in [0.15, 0.2) is 34.5 Å². The van der Waals surface area contributed by atoms with Gasteiger partial charge in [-0.1, -0.05) is 55.5 Å². The summed E-state index contributed by atoms with van der Waals surface area (Å²) in [5.74, 6) is -0.841. The molecule has 0 fully saturated rings. The third kappa shape index (κ3) is 7.39. The molecule has 0 bridgehead atoms. The van der Waals surface area contributed by atoms with Gasteiger partial charge in [0.2, 0.25) is 11.8 Å². The van der Waals surface area contributed by atoms with Gasteiger partial charge in [0.1, 0.15) is 12.6 Å². The Morgan fingerprint density at radius 1 is 1.24 bits per heavy atom. The second kappa shape index (κ2) is 10.8. The SMILES string of the molecule is Cc1nc(NC(=O)[C@@H](NC(=O)OCc2ccccc2)C(C)C)sc1SCC(N)=O. The number of hydrogen-bond donors (Lipinski definition) is 3. The maximum atomic E-state index is 12.7. The van der Waals surface area contributed by atoms with E-state index in [9.17, 15) is 14.4 Å². The molecule has 0 saturated carbocycles. The van der Waals surface area contributed by atoms with E-state index in [4.69, 9.17) is 10.5 Å². The number of alkyl carbamates (subject to hydrolysis) is 1. The molecule has 0 unspecified atom stereocenters. The van der Waals surface area contributed by atoms with Crippen LogP contribution < -0.4 is 16.4 Å². The fourth-order valence-electron chi connectivity index (χ4n) is 2.32. The number of anilines is 1. The third-order valence-corrected chi connectivity index (χ3v) is 6.22. The number of nitrogens with one attached hydrogen (secondary N) is 2. The molecular weight excluding hydrogens is 412 g/mol. The summed E-state index contributed by atoms with van der Waals surface area (Å²) >= 11 is 2.53. The van der Waals surface area contributed by atoms with Crippen molar-refractivity contribution in [3.05, 3.63) is 41.6 Å². The number of hydrogen-bond acceptors (Lipinski definition) is 7. The van der Waals surface area contributed by atoms with E-state index < -0.39 is 23.9 Å². The first-order valence-electron chi connectivity index (χ1n) is 8.93. The van der Waals surface area contributed by atoms with Gasteiger partial charge in [-0.25, -0.2) is 9.78 Å². The van der Waals surface area contributed by atoms with Gasteiger partial charge < -0.3 is 21.1 Å². The van der Waals surface area contributed by atoms with Crippen molar-refractivity contribution in [1.29, 1.82) is 0 Å². The van der Waals surface area contributed by atoms with Crippen molar-refractivity contribution in [1.82, 2.24) is 10.3 Å². The van der Waals surface area contributed by atoms with Crippen molar-refractivity contribution >= 4 is 46.1 Å². The second-order valence-corrected chi connectivity index (χ2v) is 8.81. The summed E-state index contributed by atoms with van der Waals surface area (Å²) in [6.45, 7) is 5.55. The summed E-state index contributed by atoms with van der Waals surface area (Å²) < 4.78 is 6.00. The predicted octanol–water partition coefficient (Wildman–Crippen LogP) is 2.92. The standard InChI is InChI=1S/C19H24N4O4S2/c1-11(2)15(22-19(26)27-9-13-7-5-4-6-8-13)16(25)23-18-21-12(3)17(29-18)28-10-14(20)24/h4-8,11,15H,9-10H2,1-3H3,(H2,20,24)(H,22,26)(H,21,23,25)/t15-/m0/s1. The number of primary amides is 1. The quantitative estimate of drug-likeness (QED) is 0.519. The van der Waals surface area contributed by atoms with Crippen LogP contribution in [0.25, 0.3) is 0 Å². The fourth-order valence-corrected chi connectivity index (χ4v) is 4.20. The number of rotatable bonds is 9. The molecule has 10 heteroatoms. The molecule has 0 aliphatic carbocycles. The number of amides is 3. The molecule has 29 heavy (non-hydrogen) atoms. The Morgan fingerprint density at radius 2 is 1.93 bits per heavy atom. The first-order chi connectivity index (χ1) is 13.8. The van der Waals surface area contributed by atoms with Crippen molar-refractivity contribution in [2.75, 3.05) is 11.1 Å². The first-order valence-corrected chi connectivity index (χ1v) is 10.7. The summed E-state index contributed by atoms with van der Waals surface area (Å²) in [6.07, 6.45) is -0.671. The highest BCUT2D eigenvalue weighted by Crippen LogP contribution is 2.32. The van der Waals surface area contributed by atoms with Crippen molar-refractivity contribution in [3.8, 4) is 0 Å². The van der Waals surface area contributed by atoms with Crippen molar-refractivity contribution < 1.29 is 19.1 Å². The lowest BCUT2D eigenvalue weighted by Crippen LogP contribution is -2.47. The van der Waals surface area contributed by atoms with Gasteiger partial charge in [-0.15, -0.1) is 11.8 Å². The van der Waals surface area contributed by atoms with E-state index in [0.717, 1.165) is 9.77 Å². The maximum Gasteiger partial charge on any atom is 0.408 e. The monoisotopic (exact) mass is 436 g/mol. The number of carbonyl (C=O) groups excluding carboxylic acids is 3. The number of aryl methyl sites for hydroxylation is 1. The zero-order valence-electron chi connectivity index (χ0n) is 16.4. The second-order valence-electron chi connectivity index (χ2n) is 6.56. The lowest BCUT2D eigenvalue weighted by Gasteiger charge is -2.20. The normalized spacial score (nSPS) is 11.7. The molecule has 0 spiro atoms. The number of nitrogens with two attached hydrogens (primary N) is 1. The molecule has 3 amide bonds. The average Bonchev–Trinajstić information content (AvgIpc) is 3.02. The molecule has 2 rings (SSSR count). The van der Waals surface area contributed by atoms with Crippen LogP contribution in [0.4, 0.5) is 9.93 Å². The van der Waals surface area contributed by atoms with E-state index in [1.54, 1.807) is 6.92 Å².